The molecule has 1 saturated carbocycles. The first-order valence-corrected chi connectivity index (χ1v) is 13.2. The van der Waals surface area contributed by atoms with Gasteiger partial charge >= 0.3 is 0 Å². The van der Waals surface area contributed by atoms with Crippen molar-refractivity contribution in [3.05, 3.63) is 78.5 Å². The lowest BCUT2D eigenvalue weighted by atomic mass is 9.76. The molecule has 1 saturated heterocycles. The molecule has 37 heavy (non-hydrogen) atoms. The van der Waals surface area contributed by atoms with E-state index in [1.807, 2.05) is 63.0 Å². The van der Waals surface area contributed by atoms with Gasteiger partial charge in [0, 0.05) is 43.7 Å². The van der Waals surface area contributed by atoms with Gasteiger partial charge in [0.1, 0.15) is 6.33 Å². The summed E-state index contributed by atoms with van der Waals surface area (Å²) in [6.45, 7) is 3.30. The van der Waals surface area contributed by atoms with Crippen molar-refractivity contribution in [3.8, 4) is 11.3 Å². The Balaban J connectivity index is 1.14. The van der Waals surface area contributed by atoms with E-state index in [-0.39, 0.29) is 23.1 Å². The predicted octanol–water partition coefficient (Wildman–Crippen LogP) is 3.87. The van der Waals surface area contributed by atoms with Crippen LogP contribution < -0.4 is 0 Å². The zero-order valence-electron chi connectivity index (χ0n) is 20.8. The van der Waals surface area contributed by atoms with Crippen LogP contribution in [-0.2, 0) is 17.9 Å². The second-order valence-electron chi connectivity index (χ2n) is 10.7. The fourth-order valence-corrected chi connectivity index (χ4v) is 6.88. The van der Waals surface area contributed by atoms with Gasteiger partial charge in [-0.05, 0) is 43.0 Å². The average molecular weight is 495 g/mol. The zero-order chi connectivity index (χ0) is 25.0. The molecule has 3 aromatic heterocycles. The van der Waals surface area contributed by atoms with Gasteiger partial charge in [0.05, 0.1) is 23.3 Å². The molecule has 0 bridgehead atoms. The lowest BCUT2D eigenvalue weighted by molar-refractivity contribution is -0.140. The molecule has 2 amide bonds. The number of hydrogen-bond donors (Lipinski definition) is 0. The van der Waals surface area contributed by atoms with E-state index in [1.54, 1.807) is 6.33 Å². The molecule has 1 spiro atoms. The molecule has 1 aliphatic carbocycles. The number of nitrogens with zero attached hydrogens (tertiary/aromatic N) is 6. The van der Waals surface area contributed by atoms with Gasteiger partial charge in [-0.3, -0.25) is 9.59 Å². The number of carbonyl (C=O) groups is 2. The molecule has 7 rings (SSSR count). The highest BCUT2D eigenvalue weighted by atomic mass is 16.2. The van der Waals surface area contributed by atoms with Crippen molar-refractivity contribution in [2.45, 2.75) is 38.8 Å². The standard InChI is InChI=1S/C29H30N6O2/c36-27(22-17-25(21-7-2-1-3-8-21)35-13-5-4-10-24(22)35)33-14-12-29(19-33)11-6-9-23(29)28(37)32-15-16-34-20-30-31-26(34)18-32/h1-5,7-8,10,13,17,20,23H,6,9,11-12,14-16,18-19H2. The fraction of sp³-hybridized carbons (Fsp3) is 0.379. The Morgan fingerprint density at radius 2 is 1.81 bits per heavy atom. The summed E-state index contributed by atoms with van der Waals surface area (Å²) in [6, 6.07) is 18.2. The Hall–Kier alpha value is -3.94. The molecule has 0 radical (unpaired) electrons. The third kappa shape index (κ3) is 3.57. The van der Waals surface area contributed by atoms with Crippen molar-refractivity contribution in [2.24, 2.45) is 11.3 Å². The molecule has 2 atom stereocenters. The van der Waals surface area contributed by atoms with Gasteiger partial charge in [-0.1, -0.05) is 42.8 Å². The average Bonchev–Trinajstić information content (AvgIpc) is 3.74. The van der Waals surface area contributed by atoms with E-state index in [0.29, 0.717) is 26.2 Å². The summed E-state index contributed by atoms with van der Waals surface area (Å²) in [7, 11) is 0. The SMILES string of the molecule is O=C(c1cc(-c2ccccc2)n2ccccc12)N1CCC2(CCCC2C(=O)N2CCn3cnnc3C2)C1. The van der Waals surface area contributed by atoms with Crippen LogP contribution in [0.1, 0.15) is 41.9 Å². The van der Waals surface area contributed by atoms with Crippen LogP contribution in [0.5, 0.6) is 0 Å². The summed E-state index contributed by atoms with van der Waals surface area (Å²) in [5.74, 6) is 1.10. The summed E-state index contributed by atoms with van der Waals surface area (Å²) >= 11 is 0. The second kappa shape index (κ2) is 8.57. The minimum absolute atomic E-state index is 0.0366. The molecule has 0 N–H and O–H groups in total. The molecule has 2 fully saturated rings. The molecular weight excluding hydrogens is 464 g/mol. The van der Waals surface area contributed by atoms with Crippen molar-refractivity contribution < 1.29 is 9.59 Å². The molecular formula is C29H30N6O2. The van der Waals surface area contributed by atoms with E-state index in [1.165, 1.54) is 0 Å². The first-order chi connectivity index (χ1) is 18.1. The normalized spacial score (nSPS) is 23.2. The number of hydrogen-bond acceptors (Lipinski definition) is 4. The highest BCUT2D eigenvalue weighted by molar-refractivity contribution is 6.03. The smallest absolute Gasteiger partial charge is 0.256 e. The molecule has 188 valence electrons. The fourth-order valence-electron chi connectivity index (χ4n) is 6.88. The lowest BCUT2D eigenvalue weighted by Gasteiger charge is -2.36. The highest BCUT2D eigenvalue weighted by Crippen LogP contribution is 2.51. The molecule has 1 aromatic carbocycles. The summed E-state index contributed by atoms with van der Waals surface area (Å²) in [6.07, 6.45) is 7.58. The largest absolute Gasteiger partial charge is 0.338 e. The van der Waals surface area contributed by atoms with Gasteiger partial charge in [-0.15, -0.1) is 10.2 Å². The minimum Gasteiger partial charge on any atom is -0.338 e. The number of amides is 2. The summed E-state index contributed by atoms with van der Waals surface area (Å²) in [5.41, 5.74) is 3.62. The quantitative estimate of drug-likeness (QED) is 0.433. The van der Waals surface area contributed by atoms with Crippen LogP contribution in [0.3, 0.4) is 0 Å². The predicted molar refractivity (Wildman–Crippen MR) is 139 cm³/mol. The van der Waals surface area contributed by atoms with Crippen LogP contribution in [0.15, 0.2) is 67.1 Å². The highest BCUT2D eigenvalue weighted by Gasteiger charge is 2.52. The van der Waals surface area contributed by atoms with Gasteiger partial charge in [-0.2, -0.15) is 0 Å². The lowest BCUT2D eigenvalue weighted by Crippen LogP contribution is -2.46. The van der Waals surface area contributed by atoms with Gasteiger partial charge in [0.15, 0.2) is 5.82 Å². The van der Waals surface area contributed by atoms with Gasteiger partial charge in [0.25, 0.3) is 5.91 Å². The molecule has 5 heterocycles. The number of likely N-dealkylation sites (tertiary alicyclic amines) is 1. The number of fused-ring (bicyclic) bond motifs is 2. The van der Waals surface area contributed by atoms with Crippen molar-refractivity contribution in [2.75, 3.05) is 19.6 Å². The Morgan fingerprint density at radius 3 is 2.70 bits per heavy atom. The Labute approximate surface area is 215 Å². The van der Waals surface area contributed by atoms with Crippen LogP contribution in [0.25, 0.3) is 16.8 Å². The second-order valence-corrected chi connectivity index (χ2v) is 10.7. The topological polar surface area (TPSA) is 75.7 Å². The Kier molecular flexibility index (Phi) is 5.16. The van der Waals surface area contributed by atoms with E-state index < -0.39 is 0 Å². The van der Waals surface area contributed by atoms with Crippen LogP contribution in [0.4, 0.5) is 0 Å². The van der Waals surface area contributed by atoms with Crippen molar-refractivity contribution >= 4 is 17.3 Å². The van der Waals surface area contributed by atoms with Gasteiger partial charge < -0.3 is 18.8 Å². The van der Waals surface area contributed by atoms with Crippen molar-refractivity contribution in [3.63, 3.8) is 0 Å². The number of rotatable bonds is 3. The molecule has 2 unspecified atom stereocenters. The number of benzene rings is 1. The van der Waals surface area contributed by atoms with Gasteiger partial charge in [-0.25, -0.2) is 0 Å². The third-order valence-corrected chi connectivity index (χ3v) is 8.80. The number of carbonyl (C=O) groups excluding carboxylic acids is 2. The van der Waals surface area contributed by atoms with Crippen LogP contribution >= 0.6 is 0 Å². The van der Waals surface area contributed by atoms with Crippen LogP contribution in [0, 0.1) is 11.3 Å². The van der Waals surface area contributed by atoms with E-state index in [0.717, 1.165) is 60.4 Å². The summed E-state index contributed by atoms with van der Waals surface area (Å²) in [4.78, 5) is 31.6. The molecule has 3 aliphatic rings. The number of pyridine rings is 1. The molecule has 8 heteroatoms. The summed E-state index contributed by atoms with van der Waals surface area (Å²) in [5, 5.41) is 8.18. The van der Waals surface area contributed by atoms with Crippen molar-refractivity contribution in [1.82, 2.24) is 29.0 Å². The van der Waals surface area contributed by atoms with E-state index in [9.17, 15) is 9.59 Å². The zero-order valence-corrected chi connectivity index (χ0v) is 20.8. The first kappa shape index (κ1) is 22.3. The molecule has 4 aromatic rings. The first-order valence-electron chi connectivity index (χ1n) is 13.2. The maximum atomic E-state index is 13.9. The Morgan fingerprint density at radius 1 is 0.946 bits per heavy atom. The number of aromatic nitrogens is 4. The monoisotopic (exact) mass is 494 g/mol. The van der Waals surface area contributed by atoms with Crippen molar-refractivity contribution in [1.29, 1.82) is 0 Å². The maximum Gasteiger partial charge on any atom is 0.256 e. The van der Waals surface area contributed by atoms with Crippen LogP contribution in [-0.4, -0.2) is 60.4 Å². The molecule has 8 nitrogen and oxygen atoms in total. The third-order valence-electron chi connectivity index (χ3n) is 8.80. The van der Waals surface area contributed by atoms with E-state index >= 15 is 0 Å². The van der Waals surface area contributed by atoms with Crippen LogP contribution in [0.2, 0.25) is 0 Å². The van der Waals surface area contributed by atoms with Gasteiger partial charge in [0.2, 0.25) is 5.91 Å². The Bertz CT molecular complexity index is 1490. The van der Waals surface area contributed by atoms with E-state index in [2.05, 4.69) is 26.7 Å². The maximum absolute atomic E-state index is 13.9. The minimum atomic E-state index is -0.129. The van der Waals surface area contributed by atoms with E-state index in [4.69, 9.17) is 0 Å². The summed E-state index contributed by atoms with van der Waals surface area (Å²) < 4.78 is 4.13. The molecule has 2 aliphatic heterocycles.